The number of hydrogen-bond acceptors (Lipinski definition) is 8. The molecule has 3 aromatic carbocycles. The molecule has 0 amide bonds. The third kappa shape index (κ3) is 5.44. The monoisotopic (exact) mass is 465 g/mol. The van der Waals surface area contributed by atoms with Crippen molar-refractivity contribution in [2.45, 2.75) is 11.8 Å². The highest BCUT2D eigenvalue weighted by Crippen LogP contribution is 2.31. The third-order valence-corrected chi connectivity index (χ3v) is 6.00. The summed E-state index contributed by atoms with van der Waals surface area (Å²) in [5, 5.41) is 24.4. The summed E-state index contributed by atoms with van der Waals surface area (Å²) in [6, 6.07) is 18.5. The Balaban J connectivity index is 1.99. The van der Waals surface area contributed by atoms with Gasteiger partial charge in [0.15, 0.2) is 0 Å². The Morgan fingerprint density at radius 2 is 1.79 bits per heavy atom. The minimum absolute atomic E-state index is 0.0380. The molecule has 0 atom stereocenters. The molecule has 0 heterocycles. The lowest BCUT2D eigenvalue weighted by Crippen LogP contribution is -2.16. The summed E-state index contributed by atoms with van der Waals surface area (Å²) in [6.45, 7) is 1.70. The Morgan fingerprint density at radius 1 is 1.09 bits per heavy atom. The third-order valence-electron chi connectivity index (χ3n) is 4.59. The van der Waals surface area contributed by atoms with Crippen LogP contribution in [0.5, 0.6) is 5.75 Å². The fourth-order valence-electron chi connectivity index (χ4n) is 2.86. The minimum Gasteiger partial charge on any atom is -0.495 e. The van der Waals surface area contributed by atoms with Crippen LogP contribution >= 0.6 is 0 Å². The van der Waals surface area contributed by atoms with Crippen molar-refractivity contribution in [3.8, 4) is 11.8 Å². The van der Waals surface area contributed by atoms with Crippen molar-refractivity contribution in [2.75, 3.05) is 17.3 Å². The number of non-ortho nitro benzene ring substituents is 1. The number of benzene rings is 3. The van der Waals surface area contributed by atoms with E-state index in [9.17, 15) is 18.5 Å². The molecule has 0 aliphatic carbocycles. The molecule has 0 aliphatic rings. The molecule has 0 saturated carbocycles. The van der Waals surface area contributed by atoms with Gasteiger partial charge < -0.3 is 4.74 Å². The zero-order valence-corrected chi connectivity index (χ0v) is 18.5. The van der Waals surface area contributed by atoms with Gasteiger partial charge in [-0.05, 0) is 42.8 Å². The van der Waals surface area contributed by atoms with E-state index in [0.29, 0.717) is 16.8 Å². The average Bonchev–Trinajstić information content (AvgIpc) is 2.82. The standard InChI is InChI=1S/C22H19N5O5S/c1-15(17-9-7-16(14-23)8-10-17)24-25-20-12-11-18(27(28)29)13-22(20)33(30,31)26-19-5-3-4-6-21(19)32-2/h3-13,25-26H,1-2H3. The number of hydrogen-bond donors (Lipinski definition) is 2. The Kier molecular flexibility index (Phi) is 6.90. The van der Waals surface area contributed by atoms with Crippen LogP contribution in [0.15, 0.2) is 76.7 Å². The summed E-state index contributed by atoms with van der Waals surface area (Å²) in [7, 11) is -2.86. The minimum atomic E-state index is -4.26. The van der Waals surface area contributed by atoms with Gasteiger partial charge in [-0.1, -0.05) is 24.3 Å². The Hall–Kier alpha value is -4.43. The molecule has 10 nitrogen and oxygen atoms in total. The normalized spacial score (nSPS) is 11.4. The highest BCUT2D eigenvalue weighted by atomic mass is 32.2. The van der Waals surface area contributed by atoms with Gasteiger partial charge in [-0.3, -0.25) is 20.3 Å². The summed E-state index contributed by atoms with van der Waals surface area (Å²) in [5.74, 6) is 0.288. The highest BCUT2D eigenvalue weighted by Gasteiger charge is 2.24. The van der Waals surface area contributed by atoms with Crippen molar-refractivity contribution < 1.29 is 18.1 Å². The average molecular weight is 465 g/mol. The number of nitrogens with one attached hydrogen (secondary N) is 2. The number of hydrazone groups is 1. The summed E-state index contributed by atoms with van der Waals surface area (Å²) in [4.78, 5) is 10.2. The van der Waals surface area contributed by atoms with Crippen molar-refractivity contribution in [3.05, 3.63) is 88.0 Å². The van der Waals surface area contributed by atoms with Crippen molar-refractivity contribution in [1.29, 1.82) is 5.26 Å². The molecule has 2 N–H and O–H groups in total. The molecule has 3 rings (SSSR count). The van der Waals surface area contributed by atoms with Crippen molar-refractivity contribution >= 4 is 32.8 Å². The van der Waals surface area contributed by atoms with E-state index in [1.165, 1.54) is 25.3 Å². The number of nitrogens with zero attached hydrogens (tertiary/aromatic N) is 3. The molecule has 0 bridgehead atoms. The van der Waals surface area contributed by atoms with Crippen LogP contribution in [0.3, 0.4) is 0 Å². The van der Waals surface area contributed by atoms with E-state index < -0.39 is 20.6 Å². The van der Waals surface area contributed by atoms with E-state index in [4.69, 9.17) is 10.00 Å². The van der Waals surface area contributed by atoms with Crippen LogP contribution in [0, 0.1) is 21.4 Å². The van der Waals surface area contributed by atoms with Gasteiger partial charge >= 0.3 is 0 Å². The predicted molar refractivity (Wildman–Crippen MR) is 124 cm³/mol. The number of nitro groups is 1. The Bertz CT molecular complexity index is 1360. The van der Waals surface area contributed by atoms with Crippen molar-refractivity contribution in [1.82, 2.24) is 0 Å². The van der Waals surface area contributed by atoms with E-state index in [0.717, 1.165) is 6.07 Å². The number of sulfonamides is 1. The molecule has 0 aliphatic heterocycles. The largest absolute Gasteiger partial charge is 0.495 e. The second kappa shape index (κ2) is 9.80. The fourth-order valence-corrected chi connectivity index (χ4v) is 4.11. The first kappa shape index (κ1) is 23.2. The molecule has 33 heavy (non-hydrogen) atoms. The smallest absolute Gasteiger partial charge is 0.270 e. The maximum Gasteiger partial charge on any atom is 0.270 e. The number of para-hydroxylation sites is 2. The van der Waals surface area contributed by atoms with E-state index in [1.54, 1.807) is 49.4 Å². The molecule has 11 heteroatoms. The van der Waals surface area contributed by atoms with E-state index in [-0.39, 0.29) is 22.0 Å². The first-order valence-corrected chi connectivity index (χ1v) is 11.0. The second-order valence-electron chi connectivity index (χ2n) is 6.74. The molecule has 0 unspecified atom stereocenters. The van der Waals surface area contributed by atoms with Crippen LogP contribution in [0.1, 0.15) is 18.1 Å². The van der Waals surface area contributed by atoms with Crippen LogP contribution in [0.4, 0.5) is 17.1 Å². The zero-order valence-electron chi connectivity index (χ0n) is 17.6. The van der Waals surface area contributed by atoms with Gasteiger partial charge in [0.2, 0.25) is 0 Å². The van der Waals surface area contributed by atoms with Gasteiger partial charge in [0.1, 0.15) is 10.6 Å². The van der Waals surface area contributed by atoms with Gasteiger partial charge in [-0.2, -0.15) is 10.4 Å². The molecule has 0 saturated heterocycles. The van der Waals surface area contributed by atoms with Crippen molar-refractivity contribution in [2.24, 2.45) is 5.10 Å². The first-order chi connectivity index (χ1) is 15.7. The maximum absolute atomic E-state index is 13.1. The van der Waals surface area contributed by atoms with Crippen LogP contribution in [-0.2, 0) is 10.0 Å². The van der Waals surface area contributed by atoms with Gasteiger partial charge in [0.25, 0.3) is 15.7 Å². The van der Waals surface area contributed by atoms with E-state index >= 15 is 0 Å². The molecule has 0 aromatic heterocycles. The quantitative estimate of drug-likeness (QED) is 0.289. The van der Waals surface area contributed by atoms with Crippen LogP contribution < -0.4 is 14.9 Å². The zero-order chi connectivity index (χ0) is 24.0. The number of nitro benzene ring substituents is 1. The summed E-state index contributed by atoms with van der Waals surface area (Å²) < 4.78 is 33.9. The van der Waals surface area contributed by atoms with Crippen LogP contribution in [0.25, 0.3) is 0 Å². The number of anilines is 2. The molecule has 0 radical (unpaired) electrons. The van der Waals surface area contributed by atoms with Crippen molar-refractivity contribution in [3.63, 3.8) is 0 Å². The van der Waals surface area contributed by atoms with Gasteiger partial charge in [-0.25, -0.2) is 8.42 Å². The summed E-state index contributed by atoms with van der Waals surface area (Å²) in [6.07, 6.45) is 0. The molecule has 3 aromatic rings. The lowest BCUT2D eigenvalue weighted by Gasteiger charge is -2.14. The van der Waals surface area contributed by atoms with E-state index in [1.807, 2.05) is 6.07 Å². The number of rotatable bonds is 8. The van der Waals surface area contributed by atoms with Gasteiger partial charge in [0, 0.05) is 12.1 Å². The maximum atomic E-state index is 13.1. The van der Waals surface area contributed by atoms with Crippen LogP contribution in [-0.4, -0.2) is 26.2 Å². The first-order valence-electron chi connectivity index (χ1n) is 9.50. The Labute approximate surface area is 190 Å². The SMILES string of the molecule is COc1ccccc1NS(=O)(=O)c1cc([N+](=O)[O-])ccc1NN=C(C)c1ccc(C#N)cc1. The van der Waals surface area contributed by atoms with E-state index in [2.05, 4.69) is 15.2 Å². The molecule has 0 spiro atoms. The molecular weight excluding hydrogens is 446 g/mol. The number of methoxy groups -OCH3 is 1. The van der Waals surface area contributed by atoms with Gasteiger partial charge in [-0.15, -0.1) is 0 Å². The topological polar surface area (TPSA) is 147 Å². The van der Waals surface area contributed by atoms with Crippen LogP contribution in [0.2, 0.25) is 0 Å². The summed E-state index contributed by atoms with van der Waals surface area (Å²) >= 11 is 0. The molecule has 168 valence electrons. The Morgan fingerprint density at radius 3 is 2.42 bits per heavy atom. The lowest BCUT2D eigenvalue weighted by atomic mass is 10.1. The number of nitriles is 1. The second-order valence-corrected chi connectivity index (χ2v) is 8.39. The molecular formula is C22H19N5O5S. The number of ether oxygens (including phenoxy) is 1. The molecule has 0 fully saturated rings. The predicted octanol–water partition coefficient (Wildman–Crippen LogP) is 4.11. The lowest BCUT2D eigenvalue weighted by molar-refractivity contribution is -0.385. The summed E-state index contributed by atoms with van der Waals surface area (Å²) in [5.41, 5.74) is 4.21. The van der Waals surface area contributed by atoms with Gasteiger partial charge in [0.05, 0.1) is 40.8 Å². The fraction of sp³-hybridized carbons (Fsp3) is 0.0909. The highest BCUT2D eigenvalue weighted by molar-refractivity contribution is 7.93.